The largest absolute Gasteiger partial charge is 0.481 e. The first kappa shape index (κ1) is 22.3. The van der Waals surface area contributed by atoms with Crippen molar-refractivity contribution in [2.45, 2.75) is 37.1 Å². The molecular formula is C21H23ClN2O5S. The topological polar surface area (TPSA) is 104 Å². The molecule has 0 saturated carbocycles. The number of carbonyl (C=O) groups is 2. The highest BCUT2D eigenvalue weighted by Crippen LogP contribution is 2.28. The molecule has 1 atom stereocenters. The van der Waals surface area contributed by atoms with Crippen molar-refractivity contribution < 1.29 is 23.1 Å². The minimum Gasteiger partial charge on any atom is -0.481 e. The fourth-order valence-corrected chi connectivity index (χ4v) is 5.39. The molecule has 3 rings (SSSR count). The molecule has 160 valence electrons. The predicted octanol–water partition coefficient (Wildman–Crippen LogP) is 3.38. The van der Waals surface area contributed by atoms with E-state index in [-0.39, 0.29) is 21.9 Å². The lowest BCUT2D eigenvalue weighted by Gasteiger charge is -2.19. The molecular weight excluding hydrogens is 428 g/mol. The Hall–Kier alpha value is -2.42. The van der Waals surface area contributed by atoms with Gasteiger partial charge < -0.3 is 10.4 Å². The van der Waals surface area contributed by atoms with Gasteiger partial charge in [-0.25, -0.2) is 8.42 Å². The SMILES string of the molecule is Cc1ccc([C@H](CC(=O)O)NC(=O)c2ccc(Cl)c(S(=O)(=O)N3CCCC3)c2)cc1. The first-order valence-electron chi connectivity index (χ1n) is 9.57. The highest BCUT2D eigenvalue weighted by atomic mass is 35.5. The maximum absolute atomic E-state index is 12.9. The van der Waals surface area contributed by atoms with E-state index in [1.54, 1.807) is 12.1 Å². The third-order valence-electron chi connectivity index (χ3n) is 5.04. The number of hydrogen-bond donors (Lipinski definition) is 2. The first-order chi connectivity index (χ1) is 14.2. The smallest absolute Gasteiger partial charge is 0.305 e. The van der Waals surface area contributed by atoms with E-state index in [1.807, 2.05) is 19.1 Å². The second kappa shape index (κ2) is 9.16. The molecule has 1 heterocycles. The summed E-state index contributed by atoms with van der Waals surface area (Å²) in [6.45, 7) is 2.75. The number of carboxylic acid groups (broad SMARTS) is 1. The van der Waals surface area contributed by atoms with Crippen LogP contribution < -0.4 is 5.32 Å². The van der Waals surface area contributed by atoms with Gasteiger partial charge in [-0.1, -0.05) is 41.4 Å². The third-order valence-corrected chi connectivity index (χ3v) is 7.42. The lowest BCUT2D eigenvalue weighted by molar-refractivity contribution is -0.137. The summed E-state index contributed by atoms with van der Waals surface area (Å²) in [7, 11) is -3.80. The molecule has 2 aromatic carbocycles. The van der Waals surface area contributed by atoms with Crippen LogP contribution >= 0.6 is 11.6 Å². The Kier molecular flexibility index (Phi) is 6.80. The van der Waals surface area contributed by atoms with Crippen LogP contribution in [0.1, 0.15) is 46.8 Å². The Morgan fingerprint density at radius 2 is 1.77 bits per heavy atom. The van der Waals surface area contributed by atoms with Crippen LogP contribution in [-0.4, -0.2) is 42.8 Å². The van der Waals surface area contributed by atoms with Crippen molar-refractivity contribution in [2.24, 2.45) is 0 Å². The number of carbonyl (C=O) groups excluding carboxylic acids is 1. The number of sulfonamides is 1. The zero-order valence-corrected chi connectivity index (χ0v) is 18.0. The van der Waals surface area contributed by atoms with Gasteiger partial charge >= 0.3 is 5.97 Å². The van der Waals surface area contributed by atoms with Crippen molar-refractivity contribution >= 4 is 33.5 Å². The summed E-state index contributed by atoms with van der Waals surface area (Å²) in [6, 6.07) is 10.5. The monoisotopic (exact) mass is 450 g/mol. The molecule has 1 amide bonds. The predicted molar refractivity (Wildman–Crippen MR) is 113 cm³/mol. The molecule has 0 bridgehead atoms. The van der Waals surface area contributed by atoms with Crippen molar-refractivity contribution in [3.63, 3.8) is 0 Å². The molecule has 1 fully saturated rings. The fourth-order valence-electron chi connectivity index (χ4n) is 3.38. The van der Waals surface area contributed by atoms with E-state index in [0.717, 1.165) is 18.4 Å². The summed E-state index contributed by atoms with van der Waals surface area (Å²) in [5.41, 5.74) is 1.75. The van der Waals surface area contributed by atoms with Gasteiger partial charge in [0.05, 0.1) is 17.5 Å². The van der Waals surface area contributed by atoms with E-state index >= 15 is 0 Å². The number of hydrogen-bond acceptors (Lipinski definition) is 4. The van der Waals surface area contributed by atoms with Crippen molar-refractivity contribution in [1.29, 1.82) is 0 Å². The summed E-state index contributed by atoms with van der Waals surface area (Å²) in [4.78, 5) is 24.0. The van der Waals surface area contributed by atoms with Gasteiger partial charge in [0.1, 0.15) is 4.90 Å². The van der Waals surface area contributed by atoms with E-state index in [4.69, 9.17) is 11.6 Å². The van der Waals surface area contributed by atoms with Crippen molar-refractivity contribution in [2.75, 3.05) is 13.1 Å². The lowest BCUT2D eigenvalue weighted by Crippen LogP contribution is -2.31. The number of amides is 1. The number of halogens is 1. The number of rotatable bonds is 7. The summed E-state index contributed by atoms with van der Waals surface area (Å²) < 4.78 is 27.1. The maximum atomic E-state index is 12.9. The van der Waals surface area contributed by atoms with Gasteiger partial charge in [0.15, 0.2) is 0 Å². The highest BCUT2D eigenvalue weighted by molar-refractivity contribution is 7.89. The van der Waals surface area contributed by atoms with E-state index in [9.17, 15) is 23.1 Å². The van der Waals surface area contributed by atoms with Crippen LogP contribution in [0.3, 0.4) is 0 Å². The molecule has 1 saturated heterocycles. The molecule has 7 nitrogen and oxygen atoms in total. The summed E-state index contributed by atoms with van der Waals surface area (Å²) in [6.07, 6.45) is 1.26. The Bertz CT molecular complexity index is 1050. The molecule has 2 aromatic rings. The Labute approximate surface area is 180 Å². The second-order valence-electron chi connectivity index (χ2n) is 7.29. The van der Waals surface area contributed by atoms with Crippen LogP contribution in [0.15, 0.2) is 47.4 Å². The van der Waals surface area contributed by atoms with E-state index in [0.29, 0.717) is 18.7 Å². The van der Waals surface area contributed by atoms with Gasteiger partial charge in [-0.05, 0) is 43.5 Å². The van der Waals surface area contributed by atoms with Crippen molar-refractivity contribution in [3.8, 4) is 0 Å². The minimum absolute atomic E-state index is 0.0408. The molecule has 30 heavy (non-hydrogen) atoms. The molecule has 2 N–H and O–H groups in total. The summed E-state index contributed by atoms with van der Waals surface area (Å²) >= 11 is 6.13. The zero-order valence-electron chi connectivity index (χ0n) is 16.5. The normalized spacial score (nSPS) is 15.7. The van der Waals surface area contributed by atoms with Crippen molar-refractivity contribution in [1.82, 2.24) is 9.62 Å². The highest BCUT2D eigenvalue weighted by Gasteiger charge is 2.30. The Morgan fingerprint density at radius 3 is 2.37 bits per heavy atom. The quantitative estimate of drug-likeness (QED) is 0.673. The molecule has 0 aliphatic carbocycles. The van der Waals surface area contributed by atoms with Gasteiger partial charge in [-0.3, -0.25) is 9.59 Å². The van der Waals surface area contributed by atoms with Gasteiger partial charge in [0, 0.05) is 18.7 Å². The number of nitrogens with zero attached hydrogens (tertiary/aromatic N) is 1. The molecule has 0 spiro atoms. The molecule has 1 aliphatic heterocycles. The molecule has 9 heteroatoms. The van der Waals surface area contributed by atoms with E-state index in [1.165, 1.54) is 22.5 Å². The number of aryl methyl sites for hydroxylation is 1. The Balaban J connectivity index is 1.88. The third kappa shape index (κ3) is 5.00. The second-order valence-corrected chi connectivity index (χ2v) is 9.60. The van der Waals surface area contributed by atoms with Crippen LogP contribution in [0.2, 0.25) is 5.02 Å². The van der Waals surface area contributed by atoms with Crippen LogP contribution in [0, 0.1) is 6.92 Å². The molecule has 0 radical (unpaired) electrons. The van der Waals surface area contributed by atoms with Crippen LogP contribution in [0.5, 0.6) is 0 Å². The van der Waals surface area contributed by atoms with Crippen LogP contribution in [0.25, 0.3) is 0 Å². The van der Waals surface area contributed by atoms with Crippen molar-refractivity contribution in [3.05, 3.63) is 64.2 Å². The summed E-state index contributed by atoms with van der Waals surface area (Å²) in [5, 5.41) is 12.0. The van der Waals surface area contributed by atoms with Crippen LogP contribution in [-0.2, 0) is 14.8 Å². The number of nitrogens with one attached hydrogen (secondary N) is 1. The van der Waals surface area contributed by atoms with E-state index < -0.39 is 27.9 Å². The minimum atomic E-state index is -3.80. The molecule has 1 aliphatic rings. The van der Waals surface area contributed by atoms with Gasteiger partial charge in [-0.2, -0.15) is 4.31 Å². The van der Waals surface area contributed by atoms with E-state index in [2.05, 4.69) is 5.32 Å². The first-order valence-corrected chi connectivity index (χ1v) is 11.4. The zero-order chi connectivity index (χ0) is 21.9. The lowest BCUT2D eigenvalue weighted by atomic mass is 10.0. The fraction of sp³-hybridized carbons (Fsp3) is 0.333. The average Bonchev–Trinajstić information content (AvgIpc) is 3.23. The average molecular weight is 451 g/mol. The maximum Gasteiger partial charge on any atom is 0.305 e. The summed E-state index contributed by atoms with van der Waals surface area (Å²) in [5.74, 6) is -1.63. The Morgan fingerprint density at radius 1 is 1.13 bits per heavy atom. The van der Waals surface area contributed by atoms with Gasteiger partial charge in [-0.15, -0.1) is 0 Å². The van der Waals surface area contributed by atoms with Gasteiger partial charge in [0.25, 0.3) is 5.91 Å². The van der Waals surface area contributed by atoms with Gasteiger partial charge in [0.2, 0.25) is 10.0 Å². The molecule has 0 aromatic heterocycles. The standard InChI is InChI=1S/C21H23ClN2O5S/c1-14-4-6-15(7-5-14)18(13-20(25)26)23-21(27)16-8-9-17(22)19(12-16)30(28,29)24-10-2-3-11-24/h4-9,12,18H,2-3,10-11,13H2,1H3,(H,23,27)(H,25,26)/t18-/m0/s1. The molecule has 0 unspecified atom stereocenters. The number of aliphatic carboxylic acids is 1. The number of benzene rings is 2. The number of carboxylic acids is 1. The van der Waals surface area contributed by atoms with Crippen LogP contribution in [0.4, 0.5) is 0 Å².